The van der Waals surface area contributed by atoms with E-state index in [0.29, 0.717) is 13.3 Å². The first-order valence-corrected chi connectivity index (χ1v) is 7.23. The highest BCUT2D eigenvalue weighted by Gasteiger charge is 2.18. The number of nitrogens with zero attached hydrogens (tertiary/aromatic N) is 1. The van der Waals surface area contributed by atoms with Crippen LogP contribution in [-0.2, 0) is 0 Å². The van der Waals surface area contributed by atoms with Crippen LogP contribution in [0.4, 0.5) is 18.0 Å². The number of hydrogen-bond acceptors (Lipinski definition) is 2. The third-order valence-electron chi connectivity index (χ3n) is 3.52. The Balaban J connectivity index is 2.43. The molecule has 3 rings (SSSR count). The zero-order valence-corrected chi connectivity index (χ0v) is 13.0. The topological polar surface area (TPSA) is 59.3 Å². The fourth-order valence-electron chi connectivity index (χ4n) is 2.45. The zero-order chi connectivity index (χ0) is 18.3. The summed E-state index contributed by atoms with van der Waals surface area (Å²) >= 11 is 5.74. The van der Waals surface area contributed by atoms with E-state index < -0.39 is 28.7 Å². The SMILES string of the molecule is O=C(O)[B]c1cn(-c2ccc(F)cc2F)c2cc(Cl)c(F)cc2c1=O. The lowest BCUT2D eigenvalue weighted by molar-refractivity contribution is 0.220. The summed E-state index contributed by atoms with van der Waals surface area (Å²) in [6, 6.07) is 4.69. The summed E-state index contributed by atoms with van der Waals surface area (Å²) in [7, 11) is 0.617. The molecule has 0 amide bonds. The van der Waals surface area contributed by atoms with Gasteiger partial charge in [0.05, 0.1) is 16.2 Å². The van der Waals surface area contributed by atoms with E-state index in [0.717, 1.165) is 35.0 Å². The fraction of sp³-hybridized carbons (Fsp3) is 0. The number of fused-ring (bicyclic) bond motifs is 1. The van der Waals surface area contributed by atoms with Gasteiger partial charge in [0.2, 0.25) is 5.87 Å². The monoisotopic (exact) mass is 364 g/mol. The Hall–Kier alpha value is -2.74. The van der Waals surface area contributed by atoms with Crippen molar-refractivity contribution in [3.8, 4) is 5.69 Å². The smallest absolute Gasteiger partial charge is 0.305 e. The van der Waals surface area contributed by atoms with Gasteiger partial charge >= 0.3 is 7.28 Å². The molecule has 0 saturated carbocycles. The van der Waals surface area contributed by atoms with Crippen molar-refractivity contribution in [2.24, 2.45) is 0 Å². The summed E-state index contributed by atoms with van der Waals surface area (Å²) in [6.45, 7) is 0. The van der Waals surface area contributed by atoms with Gasteiger partial charge in [0, 0.05) is 17.6 Å². The molecule has 0 aliphatic carbocycles. The number of pyridine rings is 1. The summed E-state index contributed by atoms with van der Waals surface area (Å²) in [4.78, 5) is 23.3. The maximum Gasteiger partial charge on any atom is 0.305 e. The van der Waals surface area contributed by atoms with E-state index in [1.807, 2.05) is 0 Å². The molecule has 0 bridgehead atoms. The molecule has 1 radical (unpaired) electrons. The van der Waals surface area contributed by atoms with Crippen molar-refractivity contribution < 1.29 is 23.1 Å². The highest BCUT2D eigenvalue weighted by atomic mass is 35.5. The molecule has 1 aromatic heterocycles. The van der Waals surface area contributed by atoms with E-state index in [4.69, 9.17) is 16.7 Å². The second-order valence-electron chi connectivity index (χ2n) is 5.15. The Morgan fingerprint density at radius 1 is 1.12 bits per heavy atom. The average molecular weight is 364 g/mol. The fourth-order valence-corrected chi connectivity index (χ4v) is 2.61. The van der Waals surface area contributed by atoms with Gasteiger partial charge in [-0.1, -0.05) is 11.6 Å². The number of benzene rings is 2. The highest BCUT2D eigenvalue weighted by Crippen LogP contribution is 2.24. The summed E-state index contributed by atoms with van der Waals surface area (Å²) in [6.07, 6.45) is 1.07. The number of carbonyl (C=O) groups is 1. The number of carboxylic acid groups (broad SMARTS) is 1. The molecule has 125 valence electrons. The van der Waals surface area contributed by atoms with Crippen LogP contribution >= 0.6 is 11.6 Å². The normalized spacial score (nSPS) is 10.9. The molecule has 0 aliphatic heterocycles. The molecule has 0 saturated heterocycles. The lowest BCUT2D eigenvalue weighted by atomic mass is 9.71. The summed E-state index contributed by atoms with van der Waals surface area (Å²) in [5.74, 6) is -4.05. The van der Waals surface area contributed by atoms with Crippen LogP contribution in [-0.4, -0.2) is 22.8 Å². The molecule has 9 heteroatoms. The van der Waals surface area contributed by atoms with Gasteiger partial charge in [0.1, 0.15) is 17.5 Å². The van der Waals surface area contributed by atoms with Crippen molar-refractivity contribution in [1.29, 1.82) is 0 Å². The van der Waals surface area contributed by atoms with Crippen molar-refractivity contribution in [2.75, 3.05) is 0 Å². The third-order valence-corrected chi connectivity index (χ3v) is 3.81. The van der Waals surface area contributed by atoms with Crippen LogP contribution in [0, 0.1) is 17.5 Å². The molecule has 0 aliphatic rings. The number of rotatable bonds is 3. The molecular weight excluding hydrogens is 357 g/mol. The van der Waals surface area contributed by atoms with Gasteiger partial charge in [-0.2, -0.15) is 0 Å². The lowest BCUT2D eigenvalue weighted by Crippen LogP contribution is -2.37. The first kappa shape index (κ1) is 17.1. The molecule has 3 aromatic rings. The Kier molecular flexibility index (Phi) is 4.30. The minimum Gasteiger partial charge on any atom is -0.489 e. The highest BCUT2D eigenvalue weighted by molar-refractivity contribution is 6.82. The summed E-state index contributed by atoms with van der Waals surface area (Å²) < 4.78 is 42.2. The maximum atomic E-state index is 14.2. The van der Waals surface area contributed by atoms with Crippen molar-refractivity contribution >= 4 is 41.1 Å². The standard InChI is InChI=1S/C16H7BClF3NO3/c18-10-5-14-8(4-11(10)20)15(23)9(17-16(24)25)6-22(14)13-2-1-7(19)3-12(13)21/h1-6H,(H,24,25). The Labute approximate surface area is 144 Å². The van der Waals surface area contributed by atoms with Crippen molar-refractivity contribution in [3.63, 3.8) is 0 Å². The molecule has 4 nitrogen and oxygen atoms in total. The van der Waals surface area contributed by atoms with Gasteiger partial charge in [-0.15, -0.1) is 0 Å². The van der Waals surface area contributed by atoms with Gasteiger partial charge in [-0.25, -0.2) is 13.2 Å². The zero-order valence-electron chi connectivity index (χ0n) is 12.3. The van der Waals surface area contributed by atoms with E-state index in [9.17, 15) is 22.8 Å². The maximum absolute atomic E-state index is 14.2. The van der Waals surface area contributed by atoms with Crippen molar-refractivity contribution in [3.05, 3.63) is 69.2 Å². The first-order valence-electron chi connectivity index (χ1n) is 6.85. The van der Waals surface area contributed by atoms with Gasteiger partial charge in [-0.05, 0) is 29.7 Å². The molecule has 1 N–H and O–H groups in total. The second kappa shape index (κ2) is 6.29. The Bertz CT molecular complexity index is 1080. The molecule has 0 fully saturated rings. The molecule has 0 unspecified atom stereocenters. The predicted octanol–water partition coefficient (Wildman–Crippen LogP) is 3.07. The van der Waals surface area contributed by atoms with Gasteiger partial charge in [0.25, 0.3) is 0 Å². The molecule has 0 spiro atoms. The van der Waals surface area contributed by atoms with E-state index in [-0.39, 0.29) is 27.1 Å². The van der Waals surface area contributed by atoms with E-state index in [1.54, 1.807) is 0 Å². The summed E-state index contributed by atoms with van der Waals surface area (Å²) in [5, 5.41) is 8.39. The lowest BCUT2D eigenvalue weighted by Gasteiger charge is -2.14. The summed E-state index contributed by atoms with van der Waals surface area (Å²) in [5.41, 5.74) is -1.17. The minimum absolute atomic E-state index is 0.0458. The van der Waals surface area contributed by atoms with E-state index >= 15 is 0 Å². The average Bonchev–Trinajstić information content (AvgIpc) is 2.52. The minimum atomic E-state index is -1.41. The molecule has 2 aromatic carbocycles. The van der Waals surface area contributed by atoms with Crippen LogP contribution in [0.1, 0.15) is 0 Å². The van der Waals surface area contributed by atoms with Crippen LogP contribution in [0.3, 0.4) is 0 Å². The molecule has 0 atom stereocenters. The third kappa shape index (κ3) is 3.12. The van der Waals surface area contributed by atoms with Gasteiger partial charge in [0.15, 0.2) is 5.43 Å². The first-order chi connectivity index (χ1) is 11.8. The van der Waals surface area contributed by atoms with Crippen molar-refractivity contribution in [2.45, 2.75) is 0 Å². The van der Waals surface area contributed by atoms with Crippen LogP contribution in [0.2, 0.25) is 5.02 Å². The van der Waals surface area contributed by atoms with Gasteiger partial charge in [-0.3, -0.25) is 9.59 Å². The van der Waals surface area contributed by atoms with Crippen LogP contribution in [0.5, 0.6) is 0 Å². The molecular formula is C16H7BClF3NO3. The number of halogens is 4. The molecule has 25 heavy (non-hydrogen) atoms. The van der Waals surface area contributed by atoms with E-state index in [2.05, 4.69) is 0 Å². The van der Waals surface area contributed by atoms with Crippen LogP contribution < -0.4 is 10.9 Å². The Morgan fingerprint density at radius 3 is 2.48 bits per heavy atom. The largest absolute Gasteiger partial charge is 0.489 e. The van der Waals surface area contributed by atoms with Crippen LogP contribution in [0.15, 0.2) is 41.3 Å². The predicted molar refractivity (Wildman–Crippen MR) is 87.8 cm³/mol. The quantitative estimate of drug-likeness (QED) is 0.727. The van der Waals surface area contributed by atoms with E-state index in [1.165, 1.54) is 0 Å². The van der Waals surface area contributed by atoms with Gasteiger partial charge < -0.3 is 9.67 Å². The molecule has 1 heterocycles. The second-order valence-corrected chi connectivity index (χ2v) is 5.55. The van der Waals surface area contributed by atoms with Crippen LogP contribution in [0.25, 0.3) is 16.6 Å². The Morgan fingerprint density at radius 2 is 1.84 bits per heavy atom. The van der Waals surface area contributed by atoms with Crippen molar-refractivity contribution in [1.82, 2.24) is 4.57 Å². The number of aromatic nitrogens is 1. The number of hydrogen-bond donors (Lipinski definition) is 1.